The standard InChI is InChI=1S/C16H20N6O3/c1-2-21-10-12(8-19-21)11-3-5-20(6-4-11)16-14(15(17)23)7-13(9-18-16)22(24)25/h7-11H,2-6H2,1H3,(H2,17,23). The second-order valence-corrected chi connectivity index (χ2v) is 6.08. The van der Waals surface area contributed by atoms with E-state index in [1.807, 2.05) is 22.7 Å². The average molecular weight is 344 g/mol. The van der Waals surface area contributed by atoms with Crippen molar-refractivity contribution >= 4 is 17.4 Å². The molecule has 0 spiro atoms. The Hall–Kier alpha value is -2.97. The van der Waals surface area contributed by atoms with Gasteiger partial charge in [-0.2, -0.15) is 5.10 Å². The number of nitrogens with zero attached hydrogens (tertiary/aromatic N) is 5. The number of nitro groups is 1. The molecule has 0 saturated carbocycles. The predicted molar refractivity (Wildman–Crippen MR) is 91.5 cm³/mol. The average Bonchev–Trinajstić information content (AvgIpc) is 3.10. The zero-order chi connectivity index (χ0) is 18.0. The Morgan fingerprint density at radius 2 is 2.12 bits per heavy atom. The van der Waals surface area contributed by atoms with Gasteiger partial charge in [0.05, 0.1) is 16.7 Å². The molecule has 1 aliphatic heterocycles. The van der Waals surface area contributed by atoms with E-state index in [1.165, 1.54) is 17.8 Å². The summed E-state index contributed by atoms with van der Waals surface area (Å²) in [6.45, 7) is 4.29. The minimum Gasteiger partial charge on any atom is -0.365 e. The first-order valence-corrected chi connectivity index (χ1v) is 8.21. The van der Waals surface area contributed by atoms with Gasteiger partial charge in [-0.15, -0.1) is 0 Å². The summed E-state index contributed by atoms with van der Waals surface area (Å²) in [5.41, 5.74) is 6.46. The molecule has 3 rings (SSSR count). The molecule has 1 amide bonds. The number of amides is 1. The first kappa shape index (κ1) is 16.9. The summed E-state index contributed by atoms with van der Waals surface area (Å²) in [5, 5.41) is 15.2. The maximum Gasteiger partial charge on any atom is 0.288 e. The molecular formula is C16H20N6O3. The Morgan fingerprint density at radius 3 is 2.68 bits per heavy atom. The van der Waals surface area contributed by atoms with Crippen LogP contribution < -0.4 is 10.6 Å². The Morgan fingerprint density at radius 1 is 1.40 bits per heavy atom. The molecule has 2 aromatic rings. The van der Waals surface area contributed by atoms with E-state index in [9.17, 15) is 14.9 Å². The fraction of sp³-hybridized carbons (Fsp3) is 0.438. The van der Waals surface area contributed by atoms with Gasteiger partial charge < -0.3 is 10.6 Å². The molecule has 9 nitrogen and oxygen atoms in total. The lowest BCUT2D eigenvalue weighted by atomic mass is 9.91. The van der Waals surface area contributed by atoms with E-state index in [2.05, 4.69) is 16.3 Å². The molecule has 0 unspecified atom stereocenters. The fourth-order valence-electron chi connectivity index (χ4n) is 3.17. The SMILES string of the molecule is CCn1cc(C2CCN(c3ncc([N+](=O)[O-])cc3C(N)=O)CC2)cn1. The van der Waals surface area contributed by atoms with Gasteiger partial charge in [0.15, 0.2) is 0 Å². The summed E-state index contributed by atoms with van der Waals surface area (Å²) < 4.78 is 1.91. The van der Waals surface area contributed by atoms with Gasteiger partial charge in [-0.1, -0.05) is 0 Å². The maximum absolute atomic E-state index is 11.7. The van der Waals surface area contributed by atoms with Gasteiger partial charge in [-0.05, 0) is 31.2 Å². The monoisotopic (exact) mass is 344 g/mol. The number of primary amides is 1. The fourth-order valence-corrected chi connectivity index (χ4v) is 3.17. The van der Waals surface area contributed by atoms with Crippen LogP contribution in [-0.4, -0.2) is 38.7 Å². The number of pyridine rings is 1. The summed E-state index contributed by atoms with van der Waals surface area (Å²) >= 11 is 0. The molecule has 25 heavy (non-hydrogen) atoms. The molecule has 0 bridgehead atoms. The highest BCUT2D eigenvalue weighted by Crippen LogP contribution is 2.31. The predicted octanol–water partition coefficient (Wildman–Crippen LogP) is 1.69. The second-order valence-electron chi connectivity index (χ2n) is 6.08. The summed E-state index contributed by atoms with van der Waals surface area (Å²) in [6.07, 6.45) is 6.93. The number of aromatic nitrogens is 3. The normalized spacial score (nSPS) is 15.3. The van der Waals surface area contributed by atoms with Gasteiger partial charge in [-0.25, -0.2) is 4.98 Å². The summed E-state index contributed by atoms with van der Waals surface area (Å²) in [4.78, 5) is 28.1. The molecule has 3 heterocycles. The molecule has 1 saturated heterocycles. The van der Waals surface area contributed by atoms with E-state index in [4.69, 9.17) is 5.73 Å². The van der Waals surface area contributed by atoms with Gasteiger partial charge in [0, 0.05) is 31.9 Å². The van der Waals surface area contributed by atoms with Crippen LogP contribution in [0.15, 0.2) is 24.7 Å². The lowest BCUT2D eigenvalue weighted by molar-refractivity contribution is -0.385. The first-order chi connectivity index (χ1) is 12.0. The van der Waals surface area contributed by atoms with Crippen molar-refractivity contribution in [1.29, 1.82) is 0 Å². The molecule has 1 fully saturated rings. The zero-order valence-corrected chi connectivity index (χ0v) is 14.0. The molecule has 2 aromatic heterocycles. The van der Waals surface area contributed by atoms with Crippen molar-refractivity contribution < 1.29 is 9.72 Å². The lowest BCUT2D eigenvalue weighted by Gasteiger charge is -2.33. The van der Waals surface area contributed by atoms with Crippen molar-refractivity contribution in [2.75, 3.05) is 18.0 Å². The van der Waals surface area contributed by atoms with Crippen LogP contribution in [-0.2, 0) is 6.54 Å². The molecule has 132 valence electrons. The highest BCUT2D eigenvalue weighted by Gasteiger charge is 2.26. The second kappa shape index (κ2) is 6.88. The van der Waals surface area contributed by atoms with Crippen molar-refractivity contribution in [3.8, 4) is 0 Å². The molecular weight excluding hydrogens is 324 g/mol. The Bertz CT molecular complexity index is 795. The van der Waals surface area contributed by atoms with Gasteiger partial charge >= 0.3 is 0 Å². The quantitative estimate of drug-likeness (QED) is 0.651. The molecule has 0 radical (unpaired) electrons. The third-order valence-electron chi connectivity index (χ3n) is 4.57. The van der Waals surface area contributed by atoms with E-state index < -0.39 is 10.8 Å². The number of carbonyl (C=O) groups excluding carboxylic acids is 1. The molecule has 0 aliphatic carbocycles. The summed E-state index contributed by atoms with van der Waals surface area (Å²) in [6, 6.07) is 1.20. The number of aryl methyl sites for hydroxylation is 1. The minimum absolute atomic E-state index is 0.0893. The van der Waals surface area contributed by atoms with Gasteiger partial charge in [0.25, 0.3) is 11.6 Å². The maximum atomic E-state index is 11.7. The number of nitrogens with two attached hydrogens (primary N) is 1. The van der Waals surface area contributed by atoms with Crippen molar-refractivity contribution in [2.45, 2.75) is 32.2 Å². The molecule has 0 atom stereocenters. The van der Waals surface area contributed by atoms with Gasteiger partial charge in [-0.3, -0.25) is 19.6 Å². The van der Waals surface area contributed by atoms with Crippen LogP contribution in [0.2, 0.25) is 0 Å². The Labute approximate surface area is 144 Å². The minimum atomic E-state index is -0.711. The van der Waals surface area contributed by atoms with Gasteiger partial charge in [0.2, 0.25) is 0 Å². The van der Waals surface area contributed by atoms with Crippen LogP contribution in [0, 0.1) is 10.1 Å². The number of hydrogen-bond acceptors (Lipinski definition) is 6. The van der Waals surface area contributed by atoms with Crippen LogP contribution in [0.25, 0.3) is 0 Å². The number of piperidine rings is 1. The molecule has 0 aromatic carbocycles. The van der Waals surface area contributed by atoms with Crippen molar-refractivity contribution in [2.24, 2.45) is 5.73 Å². The largest absolute Gasteiger partial charge is 0.365 e. The van der Waals surface area contributed by atoms with E-state index in [1.54, 1.807) is 0 Å². The number of carbonyl (C=O) groups is 1. The Balaban J connectivity index is 1.76. The van der Waals surface area contributed by atoms with E-state index >= 15 is 0 Å². The van der Waals surface area contributed by atoms with Crippen LogP contribution in [0.4, 0.5) is 11.5 Å². The summed E-state index contributed by atoms with van der Waals surface area (Å²) in [7, 11) is 0. The van der Waals surface area contributed by atoms with Crippen LogP contribution in [0.3, 0.4) is 0 Å². The highest BCUT2D eigenvalue weighted by atomic mass is 16.6. The van der Waals surface area contributed by atoms with Crippen LogP contribution >= 0.6 is 0 Å². The van der Waals surface area contributed by atoms with Crippen LogP contribution in [0.1, 0.15) is 41.6 Å². The van der Waals surface area contributed by atoms with Gasteiger partial charge in [0.1, 0.15) is 12.0 Å². The topological polar surface area (TPSA) is 120 Å². The third kappa shape index (κ3) is 3.44. The highest BCUT2D eigenvalue weighted by molar-refractivity contribution is 5.98. The zero-order valence-electron chi connectivity index (χ0n) is 14.0. The molecule has 2 N–H and O–H groups in total. The number of hydrogen-bond donors (Lipinski definition) is 1. The smallest absolute Gasteiger partial charge is 0.288 e. The van der Waals surface area contributed by atoms with E-state index in [0.29, 0.717) is 24.8 Å². The third-order valence-corrected chi connectivity index (χ3v) is 4.57. The molecule has 1 aliphatic rings. The van der Waals surface area contributed by atoms with Crippen molar-refractivity contribution in [3.05, 3.63) is 45.9 Å². The van der Waals surface area contributed by atoms with E-state index in [0.717, 1.165) is 19.4 Å². The van der Waals surface area contributed by atoms with Crippen molar-refractivity contribution in [1.82, 2.24) is 14.8 Å². The summed E-state index contributed by atoms with van der Waals surface area (Å²) in [5.74, 6) is 0.116. The Kier molecular flexibility index (Phi) is 4.64. The number of rotatable bonds is 5. The lowest BCUT2D eigenvalue weighted by Crippen LogP contribution is -2.35. The number of anilines is 1. The van der Waals surface area contributed by atoms with Crippen molar-refractivity contribution in [3.63, 3.8) is 0 Å². The first-order valence-electron chi connectivity index (χ1n) is 8.21. The van der Waals surface area contributed by atoms with E-state index in [-0.39, 0.29) is 11.3 Å². The molecule has 9 heteroatoms. The van der Waals surface area contributed by atoms with Crippen LogP contribution in [0.5, 0.6) is 0 Å².